The van der Waals surface area contributed by atoms with Crippen LogP contribution in [0, 0.1) is 0 Å². The predicted molar refractivity (Wildman–Crippen MR) is 83.3 cm³/mol. The smallest absolute Gasteiger partial charge is 0.253 e. The van der Waals surface area contributed by atoms with Gasteiger partial charge in [0.25, 0.3) is 5.91 Å². The molecule has 0 fully saturated rings. The highest BCUT2D eigenvalue weighted by atomic mass is 16.5. The Bertz CT molecular complexity index is 784. The van der Waals surface area contributed by atoms with Crippen molar-refractivity contribution in [1.29, 1.82) is 0 Å². The minimum Gasteiger partial charge on any atom is -0.497 e. The van der Waals surface area contributed by atoms with E-state index in [-0.39, 0.29) is 5.91 Å². The fraction of sp³-hybridized carbons (Fsp3) is 0.125. The van der Waals surface area contributed by atoms with Crippen LogP contribution in [0.3, 0.4) is 0 Å². The topological polar surface area (TPSA) is 81.9 Å². The van der Waals surface area contributed by atoms with Crippen molar-refractivity contribution in [3.8, 4) is 11.4 Å². The average molecular weight is 309 g/mol. The highest BCUT2D eigenvalue weighted by Crippen LogP contribution is 2.14. The molecule has 1 N–H and O–H groups in total. The number of nitrogens with one attached hydrogen (secondary N) is 1. The van der Waals surface area contributed by atoms with E-state index in [0.717, 1.165) is 11.4 Å². The van der Waals surface area contributed by atoms with Crippen molar-refractivity contribution in [2.75, 3.05) is 7.11 Å². The quantitative estimate of drug-likeness (QED) is 0.774. The Morgan fingerprint density at radius 3 is 2.78 bits per heavy atom. The molecule has 7 nitrogen and oxygen atoms in total. The molecule has 0 unspecified atom stereocenters. The van der Waals surface area contributed by atoms with Gasteiger partial charge in [0, 0.05) is 12.4 Å². The van der Waals surface area contributed by atoms with Gasteiger partial charge in [-0.15, -0.1) is 5.10 Å². The number of carbonyl (C=O) groups excluding carboxylic acids is 1. The first-order valence-corrected chi connectivity index (χ1v) is 7.00. The first kappa shape index (κ1) is 14.7. The number of carbonyl (C=O) groups is 1. The summed E-state index contributed by atoms with van der Waals surface area (Å²) in [6.07, 6.45) is 4.91. The van der Waals surface area contributed by atoms with E-state index in [1.54, 1.807) is 36.3 Å². The molecule has 3 aromatic rings. The van der Waals surface area contributed by atoms with Gasteiger partial charge in [-0.2, -0.15) is 0 Å². The van der Waals surface area contributed by atoms with Crippen molar-refractivity contribution in [3.63, 3.8) is 0 Å². The molecule has 0 aliphatic heterocycles. The number of hydrogen-bond donors (Lipinski definition) is 1. The lowest BCUT2D eigenvalue weighted by molar-refractivity contribution is 0.0950. The Morgan fingerprint density at radius 1 is 1.26 bits per heavy atom. The van der Waals surface area contributed by atoms with Crippen LogP contribution >= 0.6 is 0 Å². The van der Waals surface area contributed by atoms with Gasteiger partial charge in [0.1, 0.15) is 11.4 Å². The van der Waals surface area contributed by atoms with Gasteiger partial charge in [-0.1, -0.05) is 5.21 Å². The summed E-state index contributed by atoms with van der Waals surface area (Å²) in [6.45, 7) is 0.296. The van der Waals surface area contributed by atoms with Crippen molar-refractivity contribution >= 4 is 5.91 Å². The average Bonchev–Trinajstić information content (AvgIpc) is 3.09. The van der Waals surface area contributed by atoms with E-state index in [0.29, 0.717) is 17.8 Å². The highest BCUT2D eigenvalue weighted by molar-refractivity contribution is 5.93. The summed E-state index contributed by atoms with van der Waals surface area (Å²) < 4.78 is 6.76. The van der Waals surface area contributed by atoms with Crippen molar-refractivity contribution in [1.82, 2.24) is 25.3 Å². The third-order valence-corrected chi connectivity index (χ3v) is 3.23. The molecule has 1 amide bonds. The number of nitrogens with zero attached hydrogens (tertiary/aromatic N) is 4. The van der Waals surface area contributed by atoms with E-state index < -0.39 is 0 Å². The summed E-state index contributed by atoms with van der Waals surface area (Å²) in [7, 11) is 1.62. The van der Waals surface area contributed by atoms with E-state index in [1.807, 2.05) is 24.3 Å². The minimum atomic E-state index is -0.197. The normalized spacial score (nSPS) is 10.3. The van der Waals surface area contributed by atoms with E-state index in [9.17, 15) is 4.79 Å². The molecular weight excluding hydrogens is 294 g/mol. The molecule has 7 heteroatoms. The molecule has 0 aliphatic carbocycles. The Labute approximate surface area is 132 Å². The third-order valence-electron chi connectivity index (χ3n) is 3.23. The van der Waals surface area contributed by atoms with Crippen LogP contribution < -0.4 is 10.1 Å². The number of aromatic nitrogens is 4. The maximum Gasteiger partial charge on any atom is 0.253 e. The molecule has 2 heterocycles. The van der Waals surface area contributed by atoms with Gasteiger partial charge in [0.15, 0.2) is 0 Å². The number of amides is 1. The van der Waals surface area contributed by atoms with Crippen LogP contribution in [0.4, 0.5) is 0 Å². The van der Waals surface area contributed by atoms with Crippen LogP contribution in [-0.4, -0.2) is 33.0 Å². The molecular formula is C16H15N5O2. The molecule has 0 aliphatic rings. The third kappa shape index (κ3) is 3.52. The minimum absolute atomic E-state index is 0.197. The van der Waals surface area contributed by atoms with Crippen molar-refractivity contribution < 1.29 is 9.53 Å². The molecule has 0 atom stereocenters. The molecule has 0 saturated heterocycles. The van der Waals surface area contributed by atoms with Crippen LogP contribution in [0.25, 0.3) is 5.69 Å². The van der Waals surface area contributed by atoms with Gasteiger partial charge in [0.2, 0.25) is 0 Å². The fourth-order valence-corrected chi connectivity index (χ4v) is 2.01. The van der Waals surface area contributed by atoms with Crippen molar-refractivity contribution in [3.05, 3.63) is 66.2 Å². The number of ether oxygens (including phenoxy) is 1. The van der Waals surface area contributed by atoms with Crippen LogP contribution in [0.5, 0.6) is 5.75 Å². The van der Waals surface area contributed by atoms with Crippen molar-refractivity contribution in [2.45, 2.75) is 6.54 Å². The zero-order chi connectivity index (χ0) is 16.1. The maximum absolute atomic E-state index is 11.9. The molecule has 3 rings (SSSR count). The van der Waals surface area contributed by atoms with Crippen molar-refractivity contribution in [2.24, 2.45) is 0 Å². The summed E-state index contributed by atoms with van der Waals surface area (Å²) >= 11 is 0. The Balaban J connectivity index is 1.64. The summed E-state index contributed by atoms with van der Waals surface area (Å²) in [6, 6.07) is 10.9. The molecule has 0 spiro atoms. The van der Waals surface area contributed by atoms with Crippen LogP contribution in [-0.2, 0) is 6.54 Å². The highest BCUT2D eigenvalue weighted by Gasteiger charge is 2.07. The Kier molecular flexibility index (Phi) is 4.28. The van der Waals surface area contributed by atoms with Crippen LogP contribution in [0.1, 0.15) is 16.1 Å². The van der Waals surface area contributed by atoms with Crippen LogP contribution in [0.15, 0.2) is 55.0 Å². The molecule has 1 aromatic carbocycles. The fourth-order valence-electron chi connectivity index (χ4n) is 2.01. The van der Waals surface area contributed by atoms with Gasteiger partial charge in [0.05, 0.1) is 31.1 Å². The second-order valence-electron chi connectivity index (χ2n) is 4.78. The molecule has 0 saturated carbocycles. The maximum atomic E-state index is 11.9. The standard InChI is InChI=1S/C16H15N5O2/c1-23-15-6-4-14(5-7-15)21-11-13(19-20-21)10-18-16(22)12-3-2-8-17-9-12/h2-9,11H,10H2,1H3,(H,18,22). The lowest BCUT2D eigenvalue weighted by atomic mass is 10.2. The van der Waals surface area contributed by atoms with E-state index in [4.69, 9.17) is 4.74 Å². The monoisotopic (exact) mass is 309 g/mol. The first-order chi connectivity index (χ1) is 11.3. The molecule has 0 radical (unpaired) electrons. The summed E-state index contributed by atoms with van der Waals surface area (Å²) in [4.78, 5) is 15.9. The molecule has 2 aromatic heterocycles. The number of rotatable bonds is 5. The van der Waals surface area contributed by atoms with Gasteiger partial charge >= 0.3 is 0 Å². The second kappa shape index (κ2) is 6.69. The van der Waals surface area contributed by atoms with E-state index in [2.05, 4.69) is 20.6 Å². The summed E-state index contributed by atoms with van der Waals surface area (Å²) in [5.74, 6) is 0.579. The number of hydrogen-bond acceptors (Lipinski definition) is 5. The van der Waals surface area contributed by atoms with E-state index in [1.165, 1.54) is 6.20 Å². The Hall–Kier alpha value is -3.22. The largest absolute Gasteiger partial charge is 0.497 e. The lowest BCUT2D eigenvalue weighted by Gasteiger charge is -2.03. The number of methoxy groups -OCH3 is 1. The van der Waals surface area contributed by atoms with Crippen LogP contribution in [0.2, 0.25) is 0 Å². The Morgan fingerprint density at radius 2 is 2.09 bits per heavy atom. The molecule has 116 valence electrons. The molecule has 0 bridgehead atoms. The number of pyridine rings is 1. The number of benzene rings is 1. The first-order valence-electron chi connectivity index (χ1n) is 7.00. The van der Waals surface area contributed by atoms with Gasteiger partial charge in [-0.3, -0.25) is 9.78 Å². The van der Waals surface area contributed by atoms with Gasteiger partial charge in [-0.25, -0.2) is 4.68 Å². The second-order valence-corrected chi connectivity index (χ2v) is 4.78. The zero-order valence-corrected chi connectivity index (χ0v) is 12.5. The van der Waals surface area contributed by atoms with E-state index >= 15 is 0 Å². The molecule has 23 heavy (non-hydrogen) atoms. The SMILES string of the molecule is COc1ccc(-n2cc(CNC(=O)c3cccnc3)nn2)cc1. The van der Waals surface area contributed by atoms with Gasteiger partial charge in [-0.05, 0) is 36.4 Å². The zero-order valence-electron chi connectivity index (χ0n) is 12.5. The predicted octanol–water partition coefficient (Wildman–Crippen LogP) is 1.60. The summed E-state index contributed by atoms with van der Waals surface area (Å²) in [5, 5.41) is 10.9. The summed E-state index contributed by atoms with van der Waals surface area (Å²) in [5.41, 5.74) is 2.04. The lowest BCUT2D eigenvalue weighted by Crippen LogP contribution is -2.23. The van der Waals surface area contributed by atoms with Gasteiger partial charge < -0.3 is 10.1 Å².